The highest BCUT2D eigenvalue weighted by atomic mass is 16.7. The van der Waals surface area contributed by atoms with Crippen molar-refractivity contribution in [2.45, 2.75) is 61.4 Å². The van der Waals surface area contributed by atoms with Crippen LogP contribution in [0.1, 0.15) is 0 Å². The van der Waals surface area contributed by atoms with Crippen LogP contribution in [0.2, 0.25) is 0 Å². The fourth-order valence-corrected chi connectivity index (χ4v) is 4.80. The van der Waals surface area contributed by atoms with E-state index >= 15 is 0 Å². The second-order valence-electron chi connectivity index (χ2n) is 10.1. The minimum atomic E-state index is -1.94. The molecule has 2 aliphatic heterocycles. The van der Waals surface area contributed by atoms with Crippen LogP contribution in [0.5, 0.6) is 23.0 Å². The van der Waals surface area contributed by atoms with Crippen molar-refractivity contribution >= 4 is 11.0 Å². The van der Waals surface area contributed by atoms with Gasteiger partial charge in [0, 0.05) is 17.7 Å². The maximum Gasteiger partial charge on any atom is 0.229 e. The second kappa shape index (κ2) is 12.2. The molecular weight excluding hydrogens is 580 g/mol. The first-order valence-electron chi connectivity index (χ1n) is 13.0. The van der Waals surface area contributed by atoms with Crippen molar-refractivity contribution in [3.63, 3.8) is 0 Å². The molecule has 2 aromatic carbocycles. The molecule has 5 rings (SSSR count). The van der Waals surface area contributed by atoms with Gasteiger partial charge in [-0.1, -0.05) is 0 Å². The molecule has 2 fully saturated rings. The van der Waals surface area contributed by atoms with E-state index in [-0.39, 0.29) is 17.1 Å². The quantitative estimate of drug-likeness (QED) is 0.130. The Morgan fingerprint density at radius 1 is 0.698 bits per heavy atom. The van der Waals surface area contributed by atoms with Crippen molar-refractivity contribution in [1.29, 1.82) is 0 Å². The number of ether oxygens (including phenoxy) is 4. The first-order valence-corrected chi connectivity index (χ1v) is 13.0. The number of aliphatic hydroxyl groups excluding tert-OH is 8. The smallest absolute Gasteiger partial charge is 0.229 e. The van der Waals surface area contributed by atoms with Gasteiger partial charge in [-0.3, -0.25) is 4.79 Å². The molecule has 0 amide bonds. The van der Waals surface area contributed by atoms with Gasteiger partial charge in [-0.2, -0.15) is 0 Å². The monoisotopic (exact) mass is 610 g/mol. The molecule has 16 nitrogen and oxygen atoms in total. The molecule has 10 N–H and O–H groups in total. The van der Waals surface area contributed by atoms with Crippen LogP contribution in [-0.4, -0.2) is 126 Å². The van der Waals surface area contributed by atoms with Crippen molar-refractivity contribution in [2.24, 2.45) is 0 Å². The van der Waals surface area contributed by atoms with Crippen LogP contribution < -0.4 is 14.9 Å². The van der Waals surface area contributed by atoms with Gasteiger partial charge in [-0.25, -0.2) is 0 Å². The summed E-state index contributed by atoms with van der Waals surface area (Å²) in [6, 6.07) is 7.71. The molecule has 3 aromatic rings. The van der Waals surface area contributed by atoms with E-state index in [1.807, 2.05) is 0 Å². The third-order valence-corrected chi connectivity index (χ3v) is 7.24. The molecular formula is C27H30O16. The Balaban J connectivity index is 1.62. The number of hydrogen-bond donors (Lipinski definition) is 10. The third-order valence-electron chi connectivity index (χ3n) is 7.24. The summed E-state index contributed by atoms with van der Waals surface area (Å²) in [5.74, 6) is -2.19. The number of aliphatic hydroxyl groups is 8. The Kier molecular flexibility index (Phi) is 8.77. The summed E-state index contributed by atoms with van der Waals surface area (Å²) < 4.78 is 27.8. The summed E-state index contributed by atoms with van der Waals surface area (Å²) >= 11 is 0. The van der Waals surface area contributed by atoms with Gasteiger partial charge in [-0.15, -0.1) is 0 Å². The van der Waals surface area contributed by atoms with Gasteiger partial charge in [0.05, 0.1) is 13.2 Å². The number of benzene rings is 2. The third kappa shape index (κ3) is 5.73. The molecule has 43 heavy (non-hydrogen) atoms. The minimum absolute atomic E-state index is 0.0123. The number of hydrogen-bond acceptors (Lipinski definition) is 16. The highest BCUT2D eigenvalue weighted by Crippen LogP contribution is 2.45. The van der Waals surface area contributed by atoms with E-state index in [0.29, 0.717) is 5.56 Å². The molecule has 3 heterocycles. The lowest BCUT2D eigenvalue weighted by Crippen LogP contribution is -2.60. The van der Waals surface area contributed by atoms with Gasteiger partial charge in [0.15, 0.2) is 16.9 Å². The molecule has 2 aliphatic rings. The largest absolute Gasteiger partial charge is 0.508 e. The van der Waals surface area contributed by atoms with Gasteiger partial charge in [-0.05, 0) is 24.3 Å². The summed E-state index contributed by atoms with van der Waals surface area (Å²) in [5.41, 5.74) is -0.692. The number of aromatic hydroxyl groups is 2. The van der Waals surface area contributed by atoms with Crippen LogP contribution in [0, 0.1) is 0 Å². The molecule has 0 saturated carbocycles. The van der Waals surface area contributed by atoms with E-state index in [1.54, 1.807) is 0 Å². The minimum Gasteiger partial charge on any atom is -0.508 e. The van der Waals surface area contributed by atoms with Gasteiger partial charge >= 0.3 is 0 Å². The Hall–Kier alpha value is -3.55. The number of rotatable bonds is 7. The fourth-order valence-electron chi connectivity index (χ4n) is 4.80. The van der Waals surface area contributed by atoms with Crippen LogP contribution in [0.3, 0.4) is 0 Å². The first-order chi connectivity index (χ1) is 20.4. The molecule has 1 aromatic heterocycles. The summed E-state index contributed by atoms with van der Waals surface area (Å²) in [6.45, 7) is -1.58. The Labute approximate surface area is 241 Å². The lowest BCUT2D eigenvalue weighted by atomic mass is 9.99. The van der Waals surface area contributed by atoms with E-state index in [0.717, 1.165) is 12.1 Å². The molecule has 0 aliphatic carbocycles. The van der Waals surface area contributed by atoms with E-state index in [9.17, 15) is 55.9 Å². The lowest BCUT2D eigenvalue weighted by Gasteiger charge is -2.41. The van der Waals surface area contributed by atoms with Crippen LogP contribution in [0.15, 0.2) is 45.6 Å². The van der Waals surface area contributed by atoms with Crippen molar-refractivity contribution in [2.75, 3.05) is 13.2 Å². The zero-order valence-electron chi connectivity index (χ0n) is 22.1. The number of phenols is 2. The summed E-state index contributed by atoms with van der Waals surface area (Å²) in [5, 5.41) is 101. The molecule has 16 heteroatoms. The fraction of sp³-hybridized carbons (Fsp3) is 0.444. The normalized spacial score (nSPS) is 32.9. The predicted molar refractivity (Wildman–Crippen MR) is 140 cm³/mol. The summed E-state index contributed by atoms with van der Waals surface area (Å²) in [7, 11) is 0. The van der Waals surface area contributed by atoms with E-state index in [1.165, 1.54) is 24.3 Å². The molecule has 0 spiro atoms. The van der Waals surface area contributed by atoms with Gasteiger partial charge in [0.25, 0.3) is 0 Å². The molecule has 0 unspecified atom stereocenters. The van der Waals surface area contributed by atoms with Crippen molar-refractivity contribution in [3.05, 3.63) is 46.6 Å². The summed E-state index contributed by atoms with van der Waals surface area (Å²) in [6.07, 6.45) is -17.5. The van der Waals surface area contributed by atoms with Crippen molar-refractivity contribution in [1.82, 2.24) is 0 Å². The van der Waals surface area contributed by atoms with Crippen molar-refractivity contribution in [3.8, 4) is 34.3 Å². The highest BCUT2D eigenvalue weighted by molar-refractivity contribution is 5.89. The summed E-state index contributed by atoms with van der Waals surface area (Å²) in [4.78, 5) is 13.2. The number of phenolic OH excluding ortho intramolecular Hbond substituents is 2. The molecule has 0 bridgehead atoms. The molecule has 10 atom stereocenters. The maximum atomic E-state index is 13.2. The second-order valence-corrected chi connectivity index (χ2v) is 10.1. The van der Waals surface area contributed by atoms with Gasteiger partial charge in [0.1, 0.15) is 71.3 Å². The Morgan fingerprint density at radius 2 is 1.23 bits per heavy atom. The maximum absolute atomic E-state index is 13.2. The lowest BCUT2D eigenvalue weighted by molar-refractivity contribution is -0.282. The molecule has 0 radical (unpaired) electrons. The van der Waals surface area contributed by atoms with E-state index in [4.69, 9.17) is 23.4 Å². The van der Waals surface area contributed by atoms with Crippen LogP contribution in [0.25, 0.3) is 22.3 Å². The van der Waals surface area contributed by atoms with Crippen LogP contribution in [0.4, 0.5) is 0 Å². The zero-order valence-corrected chi connectivity index (χ0v) is 22.1. The van der Waals surface area contributed by atoms with Crippen LogP contribution >= 0.6 is 0 Å². The standard InChI is InChI=1S/C27H30O16/c28-7-15-18(32)21(35)23(37)26(41-15)40-14-6-13-17(11(31)5-12(39-13)9-1-3-10(30)4-2-9)20(34)25(14)43-27-24(38)22(36)19(33)16(8-29)42-27/h1-6,15-16,18-19,21-24,26-30,32-38H,7-8H2/t15-,16+,18-,19-,21-,22-,23+,24-,26-,27+/m1/s1. The predicted octanol–water partition coefficient (Wildman–Crippen LogP) is -2.77. The number of fused-ring (bicyclic) bond motifs is 1. The van der Waals surface area contributed by atoms with E-state index in [2.05, 4.69) is 0 Å². The highest BCUT2D eigenvalue weighted by Gasteiger charge is 2.47. The molecule has 2 saturated heterocycles. The van der Waals surface area contributed by atoms with E-state index < -0.39 is 103 Å². The van der Waals surface area contributed by atoms with Gasteiger partial charge in [0.2, 0.25) is 18.3 Å². The zero-order chi connectivity index (χ0) is 31.2. The van der Waals surface area contributed by atoms with Gasteiger partial charge < -0.3 is 74.4 Å². The SMILES string of the molecule is O=c1cc(-c2ccc(O)cc2)oc2cc(O[C@@H]3O[C@H](CO)[C@@H](O)[C@@H](O)[C@@H]3O)c(O[C@@H]3O[C@@H](CO)[C@@H](O)[C@@H](O)[C@H]3O)c(O)c12. The first kappa shape index (κ1) is 30.9. The average Bonchev–Trinajstić information content (AvgIpc) is 2.99. The Bertz CT molecular complexity index is 1490. The topological polar surface area (TPSA) is 269 Å². The van der Waals surface area contributed by atoms with Crippen molar-refractivity contribution < 1.29 is 74.4 Å². The Morgan fingerprint density at radius 3 is 1.77 bits per heavy atom. The molecule has 234 valence electrons. The average molecular weight is 611 g/mol. The van der Waals surface area contributed by atoms with Crippen LogP contribution in [-0.2, 0) is 9.47 Å².